The van der Waals surface area contributed by atoms with Crippen LogP contribution in [0.1, 0.15) is 18.9 Å². The average molecular weight is 265 g/mol. The maximum absolute atomic E-state index is 11.3. The fraction of sp³-hybridized carbons (Fsp3) is 0.417. The summed E-state index contributed by atoms with van der Waals surface area (Å²) in [6.45, 7) is 4.64. The molecular formula is C12H15N3O2S. The first-order valence-electron chi connectivity index (χ1n) is 5.82. The van der Waals surface area contributed by atoms with Crippen molar-refractivity contribution < 1.29 is 9.53 Å². The van der Waals surface area contributed by atoms with Crippen molar-refractivity contribution in [2.24, 2.45) is 0 Å². The van der Waals surface area contributed by atoms with E-state index in [-0.39, 0.29) is 5.97 Å². The van der Waals surface area contributed by atoms with Crippen molar-refractivity contribution >= 4 is 29.4 Å². The number of hydrogen-bond acceptors (Lipinski definition) is 4. The van der Waals surface area contributed by atoms with Gasteiger partial charge >= 0.3 is 5.97 Å². The Labute approximate surface area is 110 Å². The molecule has 2 heterocycles. The number of H-pyrrole nitrogens is 1. The summed E-state index contributed by atoms with van der Waals surface area (Å²) >= 11 is 5.23. The Morgan fingerprint density at radius 2 is 2.39 bits per heavy atom. The zero-order valence-corrected chi connectivity index (χ0v) is 11.2. The normalized spacial score (nSPS) is 10.8. The number of hydrogen-bond donors (Lipinski definition) is 1. The van der Waals surface area contributed by atoms with E-state index in [0.717, 1.165) is 16.7 Å². The quantitative estimate of drug-likeness (QED) is 0.681. The summed E-state index contributed by atoms with van der Waals surface area (Å²) in [5.74, 6) is -0.221. The Hall–Kier alpha value is -1.69. The predicted octanol–water partition coefficient (Wildman–Crippen LogP) is 2.36. The highest BCUT2D eigenvalue weighted by molar-refractivity contribution is 7.71. The SMILES string of the molecule is CCOC(=O)CCn1c(=S)[nH]c2cc(C)cnc21. The molecule has 1 N–H and O–H groups in total. The molecule has 0 fully saturated rings. The van der Waals surface area contributed by atoms with Gasteiger partial charge in [-0.1, -0.05) is 0 Å². The van der Waals surface area contributed by atoms with E-state index in [2.05, 4.69) is 9.97 Å². The third-order valence-electron chi connectivity index (χ3n) is 2.59. The standard InChI is InChI=1S/C12H15N3O2S/c1-3-17-10(16)4-5-15-11-9(14-12(15)18)6-8(2)7-13-11/h6-7H,3-5H2,1-2H3,(H,14,18). The van der Waals surface area contributed by atoms with Crippen LogP contribution in [-0.2, 0) is 16.1 Å². The predicted molar refractivity (Wildman–Crippen MR) is 70.9 cm³/mol. The number of carbonyl (C=O) groups is 1. The Balaban J connectivity index is 2.25. The minimum atomic E-state index is -0.221. The molecule has 6 heteroatoms. The molecule has 96 valence electrons. The molecule has 0 atom stereocenters. The smallest absolute Gasteiger partial charge is 0.307 e. The summed E-state index contributed by atoms with van der Waals surface area (Å²) in [6, 6.07) is 1.99. The second-order valence-corrected chi connectivity index (χ2v) is 4.41. The third-order valence-corrected chi connectivity index (χ3v) is 2.91. The van der Waals surface area contributed by atoms with Gasteiger partial charge in [0.1, 0.15) is 0 Å². The van der Waals surface area contributed by atoms with E-state index in [1.165, 1.54) is 0 Å². The summed E-state index contributed by atoms with van der Waals surface area (Å²) in [6.07, 6.45) is 2.08. The van der Waals surface area contributed by atoms with Crippen LogP contribution in [-0.4, -0.2) is 27.1 Å². The number of fused-ring (bicyclic) bond motifs is 1. The highest BCUT2D eigenvalue weighted by Crippen LogP contribution is 2.13. The Bertz CT molecular complexity index is 630. The highest BCUT2D eigenvalue weighted by atomic mass is 32.1. The van der Waals surface area contributed by atoms with E-state index in [1.54, 1.807) is 13.1 Å². The number of nitrogens with one attached hydrogen (secondary N) is 1. The second-order valence-electron chi connectivity index (χ2n) is 4.02. The molecule has 18 heavy (non-hydrogen) atoms. The van der Waals surface area contributed by atoms with E-state index in [9.17, 15) is 4.79 Å². The van der Waals surface area contributed by atoms with Crippen LogP contribution in [0, 0.1) is 11.7 Å². The largest absolute Gasteiger partial charge is 0.466 e. The first kappa shape index (κ1) is 12.8. The number of imidazole rings is 1. The Morgan fingerprint density at radius 1 is 1.61 bits per heavy atom. The number of aromatic nitrogens is 3. The minimum Gasteiger partial charge on any atom is -0.466 e. The van der Waals surface area contributed by atoms with Crippen LogP contribution in [0.5, 0.6) is 0 Å². The van der Waals surface area contributed by atoms with E-state index in [1.807, 2.05) is 17.6 Å². The highest BCUT2D eigenvalue weighted by Gasteiger charge is 2.08. The van der Waals surface area contributed by atoms with E-state index < -0.39 is 0 Å². The molecule has 0 aliphatic heterocycles. The number of esters is 1. The van der Waals surface area contributed by atoms with Crippen molar-refractivity contribution in [2.75, 3.05) is 6.61 Å². The van der Waals surface area contributed by atoms with Gasteiger partial charge in [0.25, 0.3) is 0 Å². The lowest BCUT2D eigenvalue weighted by molar-refractivity contribution is -0.143. The molecule has 0 aliphatic rings. The fourth-order valence-corrected chi connectivity index (χ4v) is 2.08. The molecular weight excluding hydrogens is 250 g/mol. The van der Waals surface area contributed by atoms with Crippen LogP contribution < -0.4 is 0 Å². The van der Waals surface area contributed by atoms with Gasteiger partial charge in [0.15, 0.2) is 10.4 Å². The molecule has 2 rings (SSSR count). The number of rotatable bonds is 4. The number of aromatic amines is 1. The molecule has 5 nitrogen and oxygen atoms in total. The van der Waals surface area contributed by atoms with Crippen LogP contribution >= 0.6 is 12.2 Å². The molecule has 0 aliphatic carbocycles. The van der Waals surface area contributed by atoms with Gasteiger partial charge in [0, 0.05) is 12.7 Å². The lowest BCUT2D eigenvalue weighted by Crippen LogP contribution is -2.09. The first-order valence-corrected chi connectivity index (χ1v) is 6.23. The summed E-state index contributed by atoms with van der Waals surface area (Å²) in [5, 5.41) is 0. The fourth-order valence-electron chi connectivity index (χ4n) is 1.79. The average Bonchev–Trinajstić information content (AvgIpc) is 2.61. The van der Waals surface area contributed by atoms with Crippen LogP contribution in [0.25, 0.3) is 11.2 Å². The molecule has 2 aromatic rings. The molecule has 0 bridgehead atoms. The summed E-state index contributed by atoms with van der Waals surface area (Å²) in [5.41, 5.74) is 2.73. The minimum absolute atomic E-state index is 0.221. The zero-order chi connectivity index (χ0) is 13.1. The molecule has 0 unspecified atom stereocenters. The van der Waals surface area contributed by atoms with Gasteiger partial charge in [-0.15, -0.1) is 0 Å². The summed E-state index contributed by atoms with van der Waals surface area (Å²) in [4.78, 5) is 18.8. The Morgan fingerprint density at radius 3 is 3.11 bits per heavy atom. The molecule has 0 radical (unpaired) electrons. The van der Waals surface area contributed by atoms with Gasteiger partial charge in [0.05, 0.1) is 18.5 Å². The van der Waals surface area contributed by atoms with Gasteiger partial charge in [0.2, 0.25) is 0 Å². The van der Waals surface area contributed by atoms with Crippen LogP contribution in [0.3, 0.4) is 0 Å². The van der Waals surface area contributed by atoms with Crippen molar-refractivity contribution in [1.82, 2.24) is 14.5 Å². The lowest BCUT2D eigenvalue weighted by atomic mass is 10.3. The molecule has 0 saturated heterocycles. The molecule has 0 saturated carbocycles. The third kappa shape index (κ3) is 2.59. The zero-order valence-electron chi connectivity index (χ0n) is 10.4. The second kappa shape index (κ2) is 5.30. The molecule has 2 aromatic heterocycles. The number of pyridine rings is 1. The van der Waals surface area contributed by atoms with E-state index >= 15 is 0 Å². The van der Waals surface area contributed by atoms with Gasteiger partial charge in [-0.3, -0.25) is 4.79 Å². The van der Waals surface area contributed by atoms with Gasteiger partial charge < -0.3 is 14.3 Å². The molecule has 0 amide bonds. The number of nitrogens with zero attached hydrogens (tertiary/aromatic N) is 2. The Kier molecular flexibility index (Phi) is 3.76. The lowest BCUT2D eigenvalue weighted by Gasteiger charge is -2.04. The van der Waals surface area contributed by atoms with E-state index in [4.69, 9.17) is 17.0 Å². The number of aryl methyl sites for hydroxylation is 2. The molecule has 0 spiro atoms. The van der Waals surface area contributed by atoms with Crippen molar-refractivity contribution in [3.8, 4) is 0 Å². The van der Waals surface area contributed by atoms with Gasteiger partial charge in [-0.05, 0) is 37.7 Å². The van der Waals surface area contributed by atoms with Gasteiger partial charge in [-0.2, -0.15) is 0 Å². The topological polar surface area (TPSA) is 59.9 Å². The van der Waals surface area contributed by atoms with Crippen molar-refractivity contribution in [2.45, 2.75) is 26.8 Å². The molecule has 0 aromatic carbocycles. The summed E-state index contributed by atoms with van der Waals surface area (Å²) in [7, 11) is 0. The van der Waals surface area contributed by atoms with Gasteiger partial charge in [-0.25, -0.2) is 4.98 Å². The van der Waals surface area contributed by atoms with Crippen molar-refractivity contribution in [3.63, 3.8) is 0 Å². The van der Waals surface area contributed by atoms with Crippen molar-refractivity contribution in [3.05, 3.63) is 22.6 Å². The van der Waals surface area contributed by atoms with Crippen molar-refractivity contribution in [1.29, 1.82) is 0 Å². The van der Waals surface area contributed by atoms with E-state index in [0.29, 0.717) is 24.3 Å². The maximum Gasteiger partial charge on any atom is 0.307 e. The number of ether oxygens (including phenoxy) is 1. The monoisotopic (exact) mass is 265 g/mol. The summed E-state index contributed by atoms with van der Waals surface area (Å²) < 4.78 is 7.29. The number of carbonyl (C=O) groups excluding carboxylic acids is 1. The maximum atomic E-state index is 11.3. The first-order chi connectivity index (χ1) is 8.61. The van der Waals surface area contributed by atoms with Crippen LogP contribution in [0.2, 0.25) is 0 Å². The van der Waals surface area contributed by atoms with Crippen LogP contribution in [0.15, 0.2) is 12.3 Å². The van der Waals surface area contributed by atoms with Crippen LogP contribution in [0.4, 0.5) is 0 Å².